The van der Waals surface area contributed by atoms with E-state index in [0.717, 1.165) is 11.1 Å². The third-order valence-corrected chi connectivity index (χ3v) is 4.51. The van der Waals surface area contributed by atoms with Crippen LogP contribution in [-0.4, -0.2) is 38.1 Å². The number of benzene rings is 2. The van der Waals surface area contributed by atoms with Crippen LogP contribution in [0.1, 0.15) is 23.6 Å². The molecule has 1 amide bonds. The first kappa shape index (κ1) is 19.8. The van der Waals surface area contributed by atoms with E-state index in [1.807, 2.05) is 68.3 Å². The van der Waals surface area contributed by atoms with Crippen LogP contribution in [0.25, 0.3) is 0 Å². The monoisotopic (exact) mass is 356 g/mol. The highest BCUT2D eigenvalue weighted by Gasteiger charge is 2.18. The van der Waals surface area contributed by atoms with Gasteiger partial charge in [0.1, 0.15) is 0 Å². The molecule has 5 nitrogen and oxygen atoms in total. The second kappa shape index (κ2) is 9.25. The fourth-order valence-electron chi connectivity index (χ4n) is 2.65. The molecule has 1 atom stereocenters. The number of hydrogen-bond donors (Lipinski definition) is 1. The Morgan fingerprint density at radius 1 is 1.04 bits per heavy atom. The van der Waals surface area contributed by atoms with Gasteiger partial charge in [0.05, 0.1) is 20.3 Å². The molecule has 0 fully saturated rings. The fourth-order valence-corrected chi connectivity index (χ4v) is 2.65. The molecule has 0 spiro atoms. The third kappa shape index (κ3) is 5.23. The van der Waals surface area contributed by atoms with Crippen molar-refractivity contribution in [1.29, 1.82) is 0 Å². The molecule has 0 heterocycles. The zero-order chi connectivity index (χ0) is 19.1. The Balaban J connectivity index is 1.92. The predicted octanol–water partition coefficient (Wildman–Crippen LogP) is 3.15. The van der Waals surface area contributed by atoms with Gasteiger partial charge in [-0.1, -0.05) is 35.9 Å². The molecule has 1 unspecified atom stereocenters. The SMILES string of the molecule is COc1ccc(CN(C)C(C)C(=O)NCc2ccc(C)cc2)cc1OC. The number of aryl methyl sites for hydroxylation is 1. The Morgan fingerprint density at radius 3 is 2.27 bits per heavy atom. The summed E-state index contributed by atoms with van der Waals surface area (Å²) in [6.45, 7) is 5.13. The lowest BCUT2D eigenvalue weighted by Gasteiger charge is -2.24. The van der Waals surface area contributed by atoms with Crippen LogP contribution in [0.4, 0.5) is 0 Å². The number of likely N-dealkylation sites (N-methyl/N-ethyl adjacent to an activating group) is 1. The summed E-state index contributed by atoms with van der Waals surface area (Å²) in [7, 11) is 5.17. The first-order valence-electron chi connectivity index (χ1n) is 8.69. The minimum Gasteiger partial charge on any atom is -0.493 e. The number of nitrogens with one attached hydrogen (secondary N) is 1. The molecule has 0 saturated heterocycles. The van der Waals surface area contributed by atoms with Gasteiger partial charge in [0.2, 0.25) is 5.91 Å². The second-order valence-electron chi connectivity index (χ2n) is 6.48. The van der Waals surface area contributed by atoms with Crippen molar-refractivity contribution in [3.05, 3.63) is 59.2 Å². The van der Waals surface area contributed by atoms with Crippen LogP contribution < -0.4 is 14.8 Å². The van der Waals surface area contributed by atoms with Crippen molar-refractivity contribution < 1.29 is 14.3 Å². The summed E-state index contributed by atoms with van der Waals surface area (Å²) in [5, 5.41) is 3.00. The Kier molecular flexibility index (Phi) is 7.04. The van der Waals surface area contributed by atoms with Gasteiger partial charge in [-0.3, -0.25) is 9.69 Å². The molecule has 2 aromatic rings. The van der Waals surface area contributed by atoms with E-state index < -0.39 is 0 Å². The highest BCUT2D eigenvalue weighted by Crippen LogP contribution is 2.28. The molecule has 0 saturated carbocycles. The van der Waals surface area contributed by atoms with Gasteiger partial charge < -0.3 is 14.8 Å². The van der Waals surface area contributed by atoms with E-state index in [0.29, 0.717) is 24.6 Å². The predicted molar refractivity (Wildman–Crippen MR) is 104 cm³/mol. The van der Waals surface area contributed by atoms with Crippen LogP contribution in [-0.2, 0) is 17.9 Å². The zero-order valence-electron chi connectivity index (χ0n) is 16.2. The molecule has 2 rings (SSSR count). The maximum Gasteiger partial charge on any atom is 0.237 e. The van der Waals surface area contributed by atoms with Gasteiger partial charge in [0, 0.05) is 13.1 Å². The minimum atomic E-state index is -0.242. The fraction of sp³-hybridized carbons (Fsp3) is 0.381. The lowest BCUT2D eigenvalue weighted by Crippen LogP contribution is -2.42. The molecule has 2 aromatic carbocycles. The number of hydrogen-bond acceptors (Lipinski definition) is 4. The maximum absolute atomic E-state index is 12.4. The van der Waals surface area contributed by atoms with Gasteiger partial charge in [-0.2, -0.15) is 0 Å². The normalized spacial score (nSPS) is 11.9. The molecule has 0 aromatic heterocycles. The lowest BCUT2D eigenvalue weighted by atomic mass is 10.1. The molecule has 0 aliphatic rings. The summed E-state index contributed by atoms with van der Waals surface area (Å²) in [6.07, 6.45) is 0. The molecule has 26 heavy (non-hydrogen) atoms. The van der Waals surface area contributed by atoms with Gasteiger partial charge in [0.15, 0.2) is 11.5 Å². The lowest BCUT2D eigenvalue weighted by molar-refractivity contribution is -0.125. The molecule has 0 bridgehead atoms. The number of rotatable bonds is 8. The van der Waals surface area contributed by atoms with Gasteiger partial charge in [-0.15, -0.1) is 0 Å². The van der Waals surface area contributed by atoms with Crippen LogP contribution >= 0.6 is 0 Å². The van der Waals surface area contributed by atoms with E-state index >= 15 is 0 Å². The van der Waals surface area contributed by atoms with Crippen molar-refractivity contribution in [2.24, 2.45) is 0 Å². The number of amides is 1. The molecule has 140 valence electrons. The molecule has 5 heteroatoms. The van der Waals surface area contributed by atoms with E-state index in [9.17, 15) is 4.79 Å². The highest BCUT2D eigenvalue weighted by molar-refractivity contribution is 5.81. The summed E-state index contributed by atoms with van der Waals surface area (Å²) >= 11 is 0. The Morgan fingerprint density at radius 2 is 1.65 bits per heavy atom. The Bertz CT molecular complexity index is 729. The van der Waals surface area contributed by atoms with Crippen molar-refractivity contribution >= 4 is 5.91 Å². The topological polar surface area (TPSA) is 50.8 Å². The number of carbonyl (C=O) groups is 1. The van der Waals surface area contributed by atoms with E-state index in [4.69, 9.17) is 9.47 Å². The number of methoxy groups -OCH3 is 2. The summed E-state index contributed by atoms with van der Waals surface area (Å²) in [4.78, 5) is 14.4. The van der Waals surface area contributed by atoms with Crippen LogP contribution in [0.5, 0.6) is 11.5 Å². The number of ether oxygens (including phenoxy) is 2. The van der Waals surface area contributed by atoms with E-state index in [-0.39, 0.29) is 11.9 Å². The summed E-state index contributed by atoms with van der Waals surface area (Å²) in [5.41, 5.74) is 3.37. The van der Waals surface area contributed by atoms with Gasteiger partial charge in [-0.05, 0) is 44.2 Å². The van der Waals surface area contributed by atoms with E-state index in [2.05, 4.69) is 5.32 Å². The smallest absolute Gasteiger partial charge is 0.237 e. The maximum atomic E-state index is 12.4. The molecule has 0 aliphatic carbocycles. The molecular formula is C21H28N2O3. The van der Waals surface area contributed by atoms with Crippen LogP contribution in [0, 0.1) is 6.92 Å². The zero-order valence-corrected chi connectivity index (χ0v) is 16.2. The first-order valence-corrected chi connectivity index (χ1v) is 8.69. The number of nitrogens with zero attached hydrogens (tertiary/aromatic N) is 1. The first-order chi connectivity index (χ1) is 12.4. The third-order valence-electron chi connectivity index (χ3n) is 4.51. The largest absolute Gasteiger partial charge is 0.493 e. The van der Waals surface area contributed by atoms with Crippen molar-refractivity contribution in [2.45, 2.75) is 33.0 Å². The Hall–Kier alpha value is -2.53. The minimum absolute atomic E-state index is 0.00792. The Labute approximate surface area is 155 Å². The summed E-state index contributed by atoms with van der Waals surface area (Å²) < 4.78 is 10.6. The van der Waals surface area contributed by atoms with Crippen LogP contribution in [0.3, 0.4) is 0 Å². The van der Waals surface area contributed by atoms with Gasteiger partial charge in [0.25, 0.3) is 0 Å². The molecular weight excluding hydrogens is 328 g/mol. The van der Waals surface area contributed by atoms with Crippen molar-refractivity contribution in [3.8, 4) is 11.5 Å². The van der Waals surface area contributed by atoms with Crippen molar-refractivity contribution in [1.82, 2.24) is 10.2 Å². The molecule has 1 N–H and O–H groups in total. The van der Waals surface area contributed by atoms with Crippen LogP contribution in [0.15, 0.2) is 42.5 Å². The van der Waals surface area contributed by atoms with Crippen molar-refractivity contribution in [2.75, 3.05) is 21.3 Å². The van der Waals surface area contributed by atoms with E-state index in [1.54, 1.807) is 14.2 Å². The average molecular weight is 356 g/mol. The second-order valence-corrected chi connectivity index (χ2v) is 6.48. The highest BCUT2D eigenvalue weighted by atomic mass is 16.5. The molecule has 0 aliphatic heterocycles. The van der Waals surface area contributed by atoms with E-state index in [1.165, 1.54) is 5.56 Å². The van der Waals surface area contributed by atoms with Gasteiger partial charge in [-0.25, -0.2) is 0 Å². The quantitative estimate of drug-likeness (QED) is 0.789. The van der Waals surface area contributed by atoms with Crippen molar-refractivity contribution in [3.63, 3.8) is 0 Å². The summed E-state index contributed by atoms with van der Waals surface area (Å²) in [5.74, 6) is 1.39. The van der Waals surface area contributed by atoms with Crippen LogP contribution in [0.2, 0.25) is 0 Å². The average Bonchev–Trinajstić information content (AvgIpc) is 2.66. The summed E-state index contributed by atoms with van der Waals surface area (Å²) in [6, 6.07) is 13.7. The van der Waals surface area contributed by atoms with Gasteiger partial charge >= 0.3 is 0 Å². The number of carbonyl (C=O) groups excluding carboxylic acids is 1. The molecule has 0 radical (unpaired) electrons. The standard InChI is InChI=1S/C21H28N2O3/c1-15-6-8-17(9-7-15)13-22-21(24)16(2)23(3)14-18-10-11-19(25-4)20(12-18)26-5/h6-12,16H,13-14H2,1-5H3,(H,22,24).